The molecular weight excluding hydrogens is 1220 g/mol. The molecule has 21 heteroatoms. The van der Waals surface area contributed by atoms with Crippen molar-refractivity contribution in [2.45, 2.75) is 182 Å². The van der Waals surface area contributed by atoms with E-state index in [9.17, 15) is 38.4 Å². The van der Waals surface area contributed by atoms with Gasteiger partial charge < -0.3 is 50.8 Å². The standard InChI is InChI=1S/C75H97N9O12/c1-46(81(15)70(93)95-74(9,10)11)59(85)43-56(72(3,4)5)68(91)83-44-54(41-57(83)66(89)78-60(48-29-21-17-22-30-48)49-31-23-18-24-32-49)76-64(87)52-37-39-53(40-38-52)65(88)77-55-42-58(67(90)79-61(50-33-25-19-26-34-50)51-35-27-20-28-36-51)84(45-55)69(92)62(73(6,7)8)80-63(86)47(2)82(16)71(94)96-75(12,13)14/h17-40,46-47,54-58,60-62H,41-45H2,1-16H3,(H,76,87)(H,77,88)(H,78,89)(H,79,90)(H,80,86)/t46-,47-,54-,55-,56+,57-,58-,62+/m0/s1. The van der Waals surface area contributed by atoms with Crippen molar-refractivity contribution in [1.29, 1.82) is 0 Å². The fourth-order valence-electron chi connectivity index (χ4n) is 11.7. The first-order chi connectivity index (χ1) is 44.9. The van der Waals surface area contributed by atoms with E-state index >= 15 is 9.59 Å². The highest BCUT2D eigenvalue weighted by molar-refractivity contribution is 6.00. The third-order valence-electron chi connectivity index (χ3n) is 17.5. The fourth-order valence-corrected chi connectivity index (χ4v) is 11.7. The van der Waals surface area contributed by atoms with Gasteiger partial charge >= 0.3 is 12.2 Å². The molecule has 96 heavy (non-hydrogen) atoms. The minimum absolute atomic E-state index is 0.00915. The Morgan fingerprint density at radius 2 is 0.792 bits per heavy atom. The monoisotopic (exact) mass is 1320 g/mol. The summed E-state index contributed by atoms with van der Waals surface area (Å²) in [6, 6.07) is 35.1. The average molecular weight is 1320 g/mol. The van der Waals surface area contributed by atoms with Crippen LogP contribution in [0.5, 0.6) is 0 Å². The van der Waals surface area contributed by atoms with E-state index in [1.807, 2.05) is 142 Å². The SMILES string of the molecule is C[C@@H](C(=O)C[C@H](C(=O)N1C[C@@H](NC(=O)c2ccc(C(=O)N[C@H]3C[C@@H](C(=O)NC(c4ccccc4)c4ccccc4)N(C(=O)[C@@H](NC(=O)[C@H](C)N(C)C(=O)OC(C)(C)C)C(C)(C)C)C3)cc2)C[C@H]1C(=O)NC(c1ccccc1)c1ccccc1)C(C)(C)C)N(C)C(=O)OC(C)(C)C. The highest BCUT2D eigenvalue weighted by atomic mass is 16.6. The van der Waals surface area contributed by atoms with Gasteiger partial charge in [-0.25, -0.2) is 9.59 Å². The van der Waals surface area contributed by atoms with Crippen LogP contribution in [0.2, 0.25) is 0 Å². The Morgan fingerprint density at radius 3 is 1.11 bits per heavy atom. The lowest BCUT2D eigenvalue weighted by molar-refractivity contribution is -0.146. The summed E-state index contributed by atoms with van der Waals surface area (Å²) in [5.41, 5.74) is 0.0801. The Balaban J connectivity index is 1.12. The number of nitrogens with zero attached hydrogens (tertiary/aromatic N) is 4. The zero-order valence-corrected chi connectivity index (χ0v) is 58.4. The van der Waals surface area contributed by atoms with E-state index in [0.29, 0.717) is 0 Å². The van der Waals surface area contributed by atoms with Gasteiger partial charge in [-0.2, -0.15) is 0 Å². The second kappa shape index (κ2) is 31.0. The normalized spacial score (nSPS) is 17.9. The number of hydrogen-bond donors (Lipinski definition) is 5. The Hall–Kier alpha value is -9.40. The first-order valence-electron chi connectivity index (χ1n) is 32.8. The average Bonchev–Trinajstić information content (AvgIpc) is 1.61. The van der Waals surface area contributed by atoms with Crippen LogP contribution in [0.15, 0.2) is 146 Å². The molecule has 8 atom stereocenters. The first-order valence-corrected chi connectivity index (χ1v) is 32.8. The van der Waals surface area contributed by atoms with E-state index in [-0.39, 0.29) is 49.3 Å². The van der Waals surface area contributed by atoms with Crippen LogP contribution >= 0.6 is 0 Å². The molecule has 0 aromatic heterocycles. The minimum atomic E-state index is -1.21. The molecule has 7 rings (SSSR count). The van der Waals surface area contributed by atoms with E-state index in [1.54, 1.807) is 69.2 Å². The number of benzene rings is 5. The summed E-state index contributed by atoms with van der Waals surface area (Å²) in [5.74, 6) is -5.16. The number of amides is 9. The predicted octanol–water partition coefficient (Wildman–Crippen LogP) is 9.56. The molecule has 0 saturated carbocycles. The smallest absolute Gasteiger partial charge is 0.410 e. The van der Waals surface area contributed by atoms with Crippen molar-refractivity contribution < 1.29 is 57.4 Å². The van der Waals surface area contributed by atoms with Gasteiger partial charge in [0, 0.05) is 62.7 Å². The van der Waals surface area contributed by atoms with E-state index < -0.39 is 136 Å². The Morgan fingerprint density at radius 1 is 0.458 bits per heavy atom. The maximum Gasteiger partial charge on any atom is 0.410 e. The van der Waals surface area contributed by atoms with Gasteiger partial charge in [-0.3, -0.25) is 43.3 Å². The van der Waals surface area contributed by atoms with Crippen molar-refractivity contribution in [3.63, 3.8) is 0 Å². The van der Waals surface area contributed by atoms with Crippen LogP contribution in [0.3, 0.4) is 0 Å². The first kappa shape index (κ1) is 74.0. The van der Waals surface area contributed by atoms with Crippen LogP contribution < -0.4 is 26.6 Å². The summed E-state index contributed by atoms with van der Waals surface area (Å²) >= 11 is 0. The number of nitrogens with one attached hydrogen (secondary N) is 5. The summed E-state index contributed by atoms with van der Waals surface area (Å²) in [6.07, 6.45) is -1.70. The van der Waals surface area contributed by atoms with E-state index in [1.165, 1.54) is 60.0 Å². The third-order valence-corrected chi connectivity index (χ3v) is 17.5. The Bertz CT molecular complexity index is 3250. The molecule has 2 aliphatic rings. The molecule has 9 amide bonds. The van der Waals surface area contributed by atoms with Gasteiger partial charge in [-0.05, 0) is 126 Å². The molecule has 0 spiro atoms. The molecule has 2 saturated heterocycles. The summed E-state index contributed by atoms with van der Waals surface area (Å²) < 4.78 is 11.0. The van der Waals surface area contributed by atoms with E-state index in [2.05, 4.69) is 26.6 Å². The van der Waals surface area contributed by atoms with E-state index in [4.69, 9.17) is 9.47 Å². The lowest BCUT2D eigenvalue weighted by Gasteiger charge is -2.37. The summed E-state index contributed by atoms with van der Waals surface area (Å²) in [5, 5.41) is 15.3. The third kappa shape index (κ3) is 19.4. The van der Waals surface area contributed by atoms with Crippen molar-refractivity contribution in [2.75, 3.05) is 27.2 Å². The van der Waals surface area contributed by atoms with E-state index in [0.717, 1.165) is 27.2 Å². The van der Waals surface area contributed by atoms with Gasteiger partial charge in [0.15, 0.2) is 5.78 Å². The number of ketones is 1. The highest BCUT2D eigenvalue weighted by Gasteiger charge is 2.49. The van der Waals surface area contributed by atoms with Gasteiger partial charge in [-0.1, -0.05) is 163 Å². The molecule has 0 bridgehead atoms. The zero-order valence-electron chi connectivity index (χ0n) is 58.4. The maximum absolute atomic E-state index is 15.2. The summed E-state index contributed by atoms with van der Waals surface area (Å²) in [4.78, 5) is 148. The lowest BCUT2D eigenvalue weighted by atomic mass is 9.76. The topological polar surface area (TPSA) is 262 Å². The van der Waals surface area contributed by atoms with Crippen LogP contribution in [0.4, 0.5) is 9.59 Å². The molecule has 5 aromatic rings. The Kier molecular flexibility index (Phi) is 23.9. The van der Waals surface area contributed by atoms with Gasteiger partial charge in [0.1, 0.15) is 35.4 Å². The van der Waals surface area contributed by atoms with Crippen LogP contribution in [-0.2, 0) is 38.2 Å². The quantitative estimate of drug-likeness (QED) is 0.0460. The number of hydrogen-bond acceptors (Lipinski definition) is 12. The molecule has 5 aromatic carbocycles. The predicted molar refractivity (Wildman–Crippen MR) is 366 cm³/mol. The van der Waals surface area contributed by atoms with Crippen molar-refractivity contribution in [3.8, 4) is 0 Å². The molecule has 514 valence electrons. The number of carbonyl (C=O) groups is 10. The molecule has 0 aliphatic carbocycles. The Labute approximate surface area is 565 Å². The molecule has 0 radical (unpaired) electrons. The van der Waals surface area contributed by atoms with Crippen LogP contribution in [0, 0.1) is 16.7 Å². The van der Waals surface area contributed by atoms with Gasteiger partial charge in [0.2, 0.25) is 29.5 Å². The second-order valence-corrected chi connectivity index (χ2v) is 29.4. The van der Waals surface area contributed by atoms with Gasteiger partial charge in [0.25, 0.3) is 11.8 Å². The van der Waals surface area contributed by atoms with Crippen LogP contribution in [0.25, 0.3) is 0 Å². The van der Waals surface area contributed by atoms with Crippen molar-refractivity contribution in [1.82, 2.24) is 46.2 Å². The van der Waals surface area contributed by atoms with Gasteiger partial charge in [0.05, 0.1) is 18.1 Å². The van der Waals surface area contributed by atoms with Crippen molar-refractivity contribution in [3.05, 3.63) is 179 Å². The van der Waals surface area contributed by atoms with Crippen molar-refractivity contribution >= 4 is 59.3 Å². The molecule has 0 unspecified atom stereocenters. The molecule has 2 heterocycles. The number of ether oxygens (including phenoxy) is 2. The zero-order chi connectivity index (χ0) is 70.8. The number of likely N-dealkylation sites (N-methyl/N-ethyl adjacent to an activating group) is 2. The van der Waals surface area contributed by atoms with Crippen molar-refractivity contribution in [2.24, 2.45) is 16.7 Å². The summed E-state index contributed by atoms with van der Waals surface area (Å²) in [6.45, 7) is 24.0. The fraction of sp³-hybridized carbons (Fsp3) is 0.467. The summed E-state index contributed by atoms with van der Waals surface area (Å²) in [7, 11) is 2.89. The number of carbonyl (C=O) groups excluding carboxylic acids is 10. The minimum Gasteiger partial charge on any atom is -0.444 e. The second-order valence-electron chi connectivity index (χ2n) is 29.4. The number of rotatable bonds is 21. The van der Waals surface area contributed by atoms with Crippen LogP contribution in [0.1, 0.15) is 171 Å². The lowest BCUT2D eigenvalue weighted by Crippen LogP contribution is -2.60. The number of Topliss-reactive ketones (excluding diaryl/α,β-unsaturated/α-hetero) is 1. The van der Waals surface area contributed by atoms with Gasteiger partial charge in [-0.15, -0.1) is 0 Å². The largest absolute Gasteiger partial charge is 0.444 e. The molecular formula is C75H97N9O12. The molecule has 2 aliphatic heterocycles. The van der Waals surface area contributed by atoms with Crippen LogP contribution in [-0.4, -0.2) is 160 Å². The molecule has 21 nitrogen and oxygen atoms in total. The highest BCUT2D eigenvalue weighted by Crippen LogP contribution is 2.36. The number of likely N-dealkylation sites (tertiary alicyclic amines) is 2. The molecule has 5 N–H and O–H groups in total. The molecule has 2 fully saturated rings. The maximum atomic E-state index is 15.2.